The quantitative estimate of drug-likeness (QED) is 0.817. The summed E-state index contributed by atoms with van der Waals surface area (Å²) in [5, 5.41) is 16.9. The Kier molecular flexibility index (Phi) is 4.59. The molecule has 9 heteroatoms. The molecule has 0 aliphatic heterocycles. The number of aromatic nitrogens is 3. The Bertz CT molecular complexity index is 525. The number of aliphatic hydroxyl groups excluding tert-OH is 1. The molecule has 2 rings (SSSR count). The summed E-state index contributed by atoms with van der Waals surface area (Å²) in [5.74, 6) is 0.179. The van der Waals surface area contributed by atoms with Gasteiger partial charge in [0.25, 0.3) is 10.0 Å². The molecular formula is C10H17BrN4O3S. The van der Waals surface area contributed by atoms with Crippen LogP contribution in [0.3, 0.4) is 0 Å². The predicted octanol–water partition coefficient (Wildman–Crippen LogP) is 0.407. The number of halogens is 1. The molecule has 1 aliphatic rings. The molecule has 0 saturated heterocycles. The summed E-state index contributed by atoms with van der Waals surface area (Å²) in [6.45, 7) is 0.330. The second-order valence-electron chi connectivity index (χ2n) is 4.85. The van der Waals surface area contributed by atoms with Crippen molar-refractivity contribution in [2.75, 3.05) is 6.54 Å². The maximum Gasteiger partial charge on any atom is 0.260 e. The summed E-state index contributed by atoms with van der Waals surface area (Å²) in [4.78, 5) is 0. The van der Waals surface area contributed by atoms with E-state index in [1.807, 2.05) is 0 Å². The third-order valence-corrected chi connectivity index (χ3v) is 5.62. The average Bonchev–Trinajstić information content (AvgIpc) is 2.67. The van der Waals surface area contributed by atoms with Gasteiger partial charge >= 0.3 is 0 Å². The standard InChI is InChI=1S/C10H17BrN4O3S/c1-15-10(9(11)13-14-15)19(17,18)12-6-7-3-2-4-8(16)5-7/h7-8,12,16H,2-6H2,1H3. The van der Waals surface area contributed by atoms with E-state index >= 15 is 0 Å². The summed E-state index contributed by atoms with van der Waals surface area (Å²) in [5.41, 5.74) is 0. The summed E-state index contributed by atoms with van der Waals surface area (Å²) in [6.07, 6.45) is 3.01. The first kappa shape index (κ1) is 14.9. The van der Waals surface area contributed by atoms with Gasteiger partial charge in [-0.15, -0.1) is 5.10 Å². The Morgan fingerprint density at radius 2 is 2.26 bits per heavy atom. The normalized spacial score (nSPS) is 24.6. The van der Waals surface area contributed by atoms with Gasteiger partial charge in [-0.1, -0.05) is 11.6 Å². The summed E-state index contributed by atoms with van der Waals surface area (Å²) >= 11 is 3.07. The van der Waals surface area contributed by atoms with E-state index in [4.69, 9.17) is 0 Å². The van der Waals surface area contributed by atoms with Gasteiger partial charge < -0.3 is 5.11 Å². The van der Waals surface area contributed by atoms with E-state index in [1.165, 1.54) is 11.7 Å². The highest BCUT2D eigenvalue weighted by molar-refractivity contribution is 9.10. The van der Waals surface area contributed by atoms with Crippen LogP contribution in [0.15, 0.2) is 9.63 Å². The van der Waals surface area contributed by atoms with Gasteiger partial charge in [-0.2, -0.15) is 0 Å². The van der Waals surface area contributed by atoms with E-state index in [2.05, 4.69) is 31.0 Å². The number of nitrogens with one attached hydrogen (secondary N) is 1. The number of aryl methyl sites for hydroxylation is 1. The van der Waals surface area contributed by atoms with Crippen LogP contribution in [0.25, 0.3) is 0 Å². The van der Waals surface area contributed by atoms with Gasteiger partial charge in [0.15, 0.2) is 4.60 Å². The van der Waals surface area contributed by atoms with Crippen molar-refractivity contribution in [1.29, 1.82) is 0 Å². The first-order valence-electron chi connectivity index (χ1n) is 6.13. The Labute approximate surface area is 120 Å². The molecule has 0 spiro atoms. The lowest BCUT2D eigenvalue weighted by Crippen LogP contribution is -2.34. The molecule has 1 heterocycles. The third-order valence-electron chi connectivity index (χ3n) is 3.31. The van der Waals surface area contributed by atoms with E-state index in [-0.39, 0.29) is 21.7 Å². The first-order valence-corrected chi connectivity index (χ1v) is 8.40. The Morgan fingerprint density at radius 1 is 1.53 bits per heavy atom. The SMILES string of the molecule is Cn1nnc(Br)c1S(=O)(=O)NCC1CCCC(O)C1. The molecule has 0 bridgehead atoms. The largest absolute Gasteiger partial charge is 0.393 e. The molecule has 19 heavy (non-hydrogen) atoms. The molecule has 0 radical (unpaired) electrons. The zero-order chi connectivity index (χ0) is 14.0. The molecule has 0 aromatic carbocycles. The second-order valence-corrected chi connectivity index (χ2v) is 7.28. The average molecular weight is 353 g/mol. The minimum atomic E-state index is -3.64. The number of sulfonamides is 1. The molecule has 1 aromatic heterocycles. The molecule has 1 aromatic rings. The van der Waals surface area contributed by atoms with Crippen LogP contribution in [0.1, 0.15) is 25.7 Å². The molecule has 2 N–H and O–H groups in total. The van der Waals surface area contributed by atoms with Crippen molar-refractivity contribution in [3.05, 3.63) is 4.60 Å². The van der Waals surface area contributed by atoms with Crippen molar-refractivity contribution in [1.82, 2.24) is 19.7 Å². The summed E-state index contributed by atoms with van der Waals surface area (Å²) < 4.78 is 28.3. The molecule has 1 saturated carbocycles. The van der Waals surface area contributed by atoms with Gasteiger partial charge in [0.05, 0.1) is 6.10 Å². The van der Waals surface area contributed by atoms with Crippen molar-refractivity contribution in [2.45, 2.75) is 36.8 Å². The van der Waals surface area contributed by atoms with E-state index in [0.717, 1.165) is 19.3 Å². The van der Waals surface area contributed by atoms with Crippen LogP contribution in [0, 0.1) is 5.92 Å². The van der Waals surface area contributed by atoms with Crippen molar-refractivity contribution in [3.63, 3.8) is 0 Å². The lowest BCUT2D eigenvalue weighted by molar-refractivity contribution is 0.102. The summed E-state index contributed by atoms with van der Waals surface area (Å²) in [7, 11) is -2.11. The Hall–Kier alpha value is -0.510. The van der Waals surface area contributed by atoms with Crippen LogP contribution in [0.2, 0.25) is 0 Å². The number of hydrogen-bond donors (Lipinski definition) is 2. The first-order chi connectivity index (χ1) is 8.90. The van der Waals surface area contributed by atoms with Crippen molar-refractivity contribution in [2.24, 2.45) is 13.0 Å². The number of rotatable bonds is 4. The number of nitrogens with zero attached hydrogens (tertiary/aromatic N) is 3. The van der Waals surface area contributed by atoms with Crippen molar-refractivity contribution >= 4 is 26.0 Å². The van der Waals surface area contributed by atoms with Crippen LogP contribution in [-0.2, 0) is 17.1 Å². The van der Waals surface area contributed by atoms with Gasteiger partial charge in [-0.3, -0.25) is 0 Å². The van der Waals surface area contributed by atoms with E-state index in [9.17, 15) is 13.5 Å². The minimum Gasteiger partial charge on any atom is -0.393 e. The molecule has 2 unspecified atom stereocenters. The zero-order valence-electron chi connectivity index (χ0n) is 10.6. The fraction of sp³-hybridized carbons (Fsp3) is 0.800. The molecule has 1 fully saturated rings. The molecule has 108 valence electrons. The van der Waals surface area contributed by atoms with Crippen molar-refractivity contribution in [3.8, 4) is 0 Å². The second kappa shape index (κ2) is 5.86. The monoisotopic (exact) mass is 352 g/mol. The van der Waals surface area contributed by atoms with Gasteiger partial charge in [-0.25, -0.2) is 17.8 Å². The highest BCUT2D eigenvalue weighted by atomic mass is 79.9. The predicted molar refractivity (Wildman–Crippen MR) is 71.9 cm³/mol. The molecule has 7 nitrogen and oxygen atoms in total. The smallest absolute Gasteiger partial charge is 0.260 e. The van der Waals surface area contributed by atoms with Crippen LogP contribution >= 0.6 is 15.9 Å². The number of aliphatic hydroxyl groups is 1. The lowest BCUT2D eigenvalue weighted by atomic mass is 9.87. The van der Waals surface area contributed by atoms with E-state index < -0.39 is 10.0 Å². The Balaban J connectivity index is 2.02. The Morgan fingerprint density at radius 3 is 2.84 bits per heavy atom. The van der Waals surface area contributed by atoms with E-state index in [1.54, 1.807) is 0 Å². The fourth-order valence-corrected chi connectivity index (χ4v) is 4.56. The fourth-order valence-electron chi connectivity index (χ4n) is 2.35. The van der Waals surface area contributed by atoms with Crippen LogP contribution < -0.4 is 4.72 Å². The van der Waals surface area contributed by atoms with Gasteiger partial charge in [0, 0.05) is 13.6 Å². The van der Waals surface area contributed by atoms with Gasteiger partial charge in [-0.05, 0) is 41.1 Å². The van der Waals surface area contributed by atoms with E-state index in [0.29, 0.717) is 13.0 Å². The zero-order valence-corrected chi connectivity index (χ0v) is 13.0. The maximum atomic E-state index is 12.2. The highest BCUT2D eigenvalue weighted by Gasteiger charge is 2.26. The van der Waals surface area contributed by atoms with Gasteiger partial charge in [0.2, 0.25) is 5.03 Å². The van der Waals surface area contributed by atoms with Crippen molar-refractivity contribution < 1.29 is 13.5 Å². The molecule has 1 aliphatic carbocycles. The van der Waals surface area contributed by atoms with Crippen LogP contribution in [-0.4, -0.2) is 41.2 Å². The lowest BCUT2D eigenvalue weighted by Gasteiger charge is -2.25. The molecule has 0 amide bonds. The third kappa shape index (κ3) is 3.53. The van der Waals surface area contributed by atoms with Crippen LogP contribution in [0.5, 0.6) is 0 Å². The summed E-state index contributed by atoms with van der Waals surface area (Å²) in [6, 6.07) is 0. The molecule has 2 atom stereocenters. The maximum absolute atomic E-state index is 12.2. The minimum absolute atomic E-state index is 0.0175. The highest BCUT2D eigenvalue weighted by Crippen LogP contribution is 2.24. The van der Waals surface area contributed by atoms with Gasteiger partial charge in [0.1, 0.15) is 0 Å². The topological polar surface area (TPSA) is 97.1 Å². The van der Waals surface area contributed by atoms with Crippen LogP contribution in [0.4, 0.5) is 0 Å². The number of hydrogen-bond acceptors (Lipinski definition) is 5. The molecular weight excluding hydrogens is 336 g/mol.